The monoisotopic (exact) mass is 475 g/mol. The van der Waals surface area contributed by atoms with Crippen LogP contribution in [0.15, 0.2) is 36.4 Å². The lowest BCUT2D eigenvalue weighted by Crippen LogP contribution is -2.08. The summed E-state index contributed by atoms with van der Waals surface area (Å²) in [6.07, 6.45) is -4.50. The van der Waals surface area contributed by atoms with Gasteiger partial charge in [-0.1, -0.05) is 18.2 Å². The summed E-state index contributed by atoms with van der Waals surface area (Å²) in [7, 11) is 2.80. The normalized spacial score (nSPS) is 11.8. The van der Waals surface area contributed by atoms with E-state index >= 15 is 0 Å². The van der Waals surface area contributed by atoms with Crippen LogP contribution in [0.4, 0.5) is 13.2 Å². The van der Waals surface area contributed by atoms with Crippen LogP contribution in [0.1, 0.15) is 15.9 Å². The second kappa shape index (κ2) is 6.49. The Kier molecular flexibility index (Phi) is 4.63. The van der Waals surface area contributed by atoms with Gasteiger partial charge in [0.25, 0.3) is 0 Å². The molecule has 136 valence electrons. The largest absolute Gasteiger partial charge is 0.507 e. The zero-order valence-corrected chi connectivity index (χ0v) is 15.8. The number of ether oxygens (including phenoxy) is 1. The number of nitrogens with zero attached hydrogens (tertiary/aromatic N) is 1. The predicted octanol–water partition coefficient (Wildman–Crippen LogP) is 4.96. The van der Waals surface area contributed by atoms with Crippen molar-refractivity contribution in [2.24, 2.45) is 7.05 Å². The first kappa shape index (κ1) is 18.6. The Bertz CT molecular complexity index is 1020. The molecule has 0 radical (unpaired) electrons. The molecule has 0 saturated heterocycles. The van der Waals surface area contributed by atoms with Crippen LogP contribution in [0, 0.1) is 3.57 Å². The van der Waals surface area contributed by atoms with Crippen LogP contribution < -0.4 is 0 Å². The zero-order chi connectivity index (χ0) is 19.2. The van der Waals surface area contributed by atoms with E-state index in [1.54, 1.807) is 11.6 Å². The Labute approximate surface area is 160 Å². The first-order chi connectivity index (χ1) is 12.2. The summed E-state index contributed by atoms with van der Waals surface area (Å²) in [6, 6.07) is 8.08. The van der Waals surface area contributed by atoms with E-state index in [9.17, 15) is 23.1 Å². The third kappa shape index (κ3) is 2.91. The molecule has 8 heteroatoms. The van der Waals surface area contributed by atoms with Gasteiger partial charge in [-0.25, -0.2) is 4.79 Å². The van der Waals surface area contributed by atoms with Crippen LogP contribution in [0.3, 0.4) is 0 Å². The molecule has 1 N–H and O–H groups in total. The van der Waals surface area contributed by atoms with E-state index in [-0.39, 0.29) is 16.9 Å². The molecule has 2 aromatic carbocycles. The number of carbonyl (C=O) groups excluding carboxylic acids is 1. The molecule has 1 aromatic heterocycles. The van der Waals surface area contributed by atoms with Crippen molar-refractivity contribution in [1.82, 2.24) is 4.57 Å². The van der Waals surface area contributed by atoms with Crippen LogP contribution in [-0.4, -0.2) is 22.8 Å². The summed E-state index contributed by atoms with van der Waals surface area (Å²) < 4.78 is 47.0. The third-order valence-electron chi connectivity index (χ3n) is 4.15. The molecule has 3 aromatic rings. The van der Waals surface area contributed by atoms with Crippen molar-refractivity contribution in [2.75, 3.05) is 7.11 Å². The number of hydrogen-bond donors (Lipinski definition) is 1. The van der Waals surface area contributed by atoms with E-state index in [0.717, 1.165) is 6.07 Å². The van der Waals surface area contributed by atoms with Gasteiger partial charge in [0.15, 0.2) is 0 Å². The van der Waals surface area contributed by atoms with Crippen LogP contribution in [0.2, 0.25) is 0 Å². The van der Waals surface area contributed by atoms with Gasteiger partial charge in [0.2, 0.25) is 0 Å². The van der Waals surface area contributed by atoms with E-state index in [1.807, 2.05) is 22.6 Å². The minimum absolute atomic E-state index is 0.0298. The van der Waals surface area contributed by atoms with Gasteiger partial charge in [0.1, 0.15) is 11.3 Å². The Hall–Kier alpha value is -2.23. The number of halogens is 4. The minimum atomic E-state index is -4.50. The highest BCUT2D eigenvalue weighted by molar-refractivity contribution is 14.1. The zero-order valence-electron chi connectivity index (χ0n) is 13.7. The maximum Gasteiger partial charge on any atom is 0.417 e. The Morgan fingerprint density at radius 3 is 2.50 bits per heavy atom. The Morgan fingerprint density at radius 2 is 1.88 bits per heavy atom. The van der Waals surface area contributed by atoms with E-state index in [0.29, 0.717) is 20.2 Å². The van der Waals surface area contributed by atoms with Gasteiger partial charge in [0, 0.05) is 27.6 Å². The van der Waals surface area contributed by atoms with Crippen LogP contribution in [0.25, 0.3) is 22.2 Å². The van der Waals surface area contributed by atoms with Crippen molar-refractivity contribution >= 4 is 39.5 Å². The third-order valence-corrected chi connectivity index (χ3v) is 5.24. The highest BCUT2D eigenvalue weighted by atomic mass is 127. The molecule has 3 rings (SSSR count). The number of alkyl halides is 3. The molecule has 26 heavy (non-hydrogen) atoms. The molecule has 0 amide bonds. The maximum absolute atomic E-state index is 13.4. The van der Waals surface area contributed by atoms with Crippen molar-refractivity contribution in [3.8, 4) is 17.0 Å². The highest BCUT2D eigenvalue weighted by Crippen LogP contribution is 2.42. The number of phenols is 1. The number of aromatic hydroxyl groups is 1. The van der Waals surface area contributed by atoms with Crippen molar-refractivity contribution in [1.29, 1.82) is 0 Å². The topological polar surface area (TPSA) is 51.5 Å². The fraction of sp³-hybridized carbons (Fsp3) is 0.167. The summed E-state index contributed by atoms with van der Waals surface area (Å²) in [5.74, 6) is -1.02. The number of carbonyl (C=O) groups is 1. The van der Waals surface area contributed by atoms with Crippen molar-refractivity contribution in [3.05, 3.63) is 51.1 Å². The van der Waals surface area contributed by atoms with Crippen molar-refractivity contribution in [2.45, 2.75) is 6.18 Å². The SMILES string of the molecule is COC(=O)c1cc2c(I)c(-c3ccccc3C(F)(F)F)n(C)c2cc1O. The molecule has 0 saturated carbocycles. The lowest BCUT2D eigenvalue weighted by molar-refractivity contribution is -0.137. The average Bonchev–Trinajstić information content (AvgIpc) is 2.83. The van der Waals surface area contributed by atoms with Gasteiger partial charge in [-0.15, -0.1) is 0 Å². The van der Waals surface area contributed by atoms with Gasteiger partial charge in [-0.05, 0) is 34.7 Å². The molecular formula is C18H13F3INO3. The first-order valence-corrected chi connectivity index (χ1v) is 8.50. The quantitative estimate of drug-likeness (QED) is 0.421. The molecule has 0 unspecified atom stereocenters. The van der Waals surface area contributed by atoms with Gasteiger partial charge < -0.3 is 14.4 Å². The Balaban J connectivity index is 2.35. The Morgan fingerprint density at radius 1 is 1.23 bits per heavy atom. The van der Waals surface area contributed by atoms with Crippen LogP contribution in [0.5, 0.6) is 5.75 Å². The van der Waals surface area contributed by atoms with Gasteiger partial charge in [-0.2, -0.15) is 13.2 Å². The smallest absolute Gasteiger partial charge is 0.417 e. The second-order valence-electron chi connectivity index (χ2n) is 5.64. The number of methoxy groups -OCH3 is 1. The molecule has 0 aliphatic heterocycles. The predicted molar refractivity (Wildman–Crippen MR) is 99.1 cm³/mol. The molecule has 1 heterocycles. The fourth-order valence-electron chi connectivity index (χ4n) is 2.93. The summed E-state index contributed by atoms with van der Waals surface area (Å²) in [5.41, 5.74) is 0.101. The van der Waals surface area contributed by atoms with E-state index < -0.39 is 17.7 Å². The minimum Gasteiger partial charge on any atom is -0.507 e. The molecule has 0 aliphatic rings. The lowest BCUT2D eigenvalue weighted by Gasteiger charge is -2.14. The number of rotatable bonds is 2. The molecular weight excluding hydrogens is 462 g/mol. The summed E-state index contributed by atoms with van der Waals surface area (Å²) in [6.45, 7) is 0. The number of fused-ring (bicyclic) bond motifs is 1. The number of aromatic nitrogens is 1. The molecule has 0 atom stereocenters. The van der Waals surface area contributed by atoms with E-state index in [1.165, 1.54) is 37.4 Å². The van der Waals surface area contributed by atoms with E-state index in [4.69, 9.17) is 0 Å². The average molecular weight is 475 g/mol. The number of esters is 1. The van der Waals surface area contributed by atoms with Gasteiger partial charge >= 0.3 is 12.1 Å². The first-order valence-electron chi connectivity index (χ1n) is 7.42. The second-order valence-corrected chi connectivity index (χ2v) is 6.72. The molecule has 0 fully saturated rings. The fourth-order valence-corrected chi connectivity index (χ4v) is 4.02. The van der Waals surface area contributed by atoms with Gasteiger partial charge in [-0.3, -0.25) is 0 Å². The summed E-state index contributed by atoms with van der Waals surface area (Å²) in [4.78, 5) is 11.8. The standard InChI is InChI=1S/C18H13F3INO3/c1-23-13-8-14(24)11(17(25)26-2)7-10(13)15(22)16(23)9-5-3-4-6-12(9)18(19,20)21/h3-8,24H,1-2H3. The number of aryl methyl sites for hydroxylation is 1. The molecule has 0 aliphatic carbocycles. The summed E-state index contributed by atoms with van der Waals surface area (Å²) >= 11 is 1.95. The van der Waals surface area contributed by atoms with Gasteiger partial charge in [0.05, 0.1) is 23.9 Å². The summed E-state index contributed by atoms with van der Waals surface area (Å²) in [5, 5.41) is 10.6. The van der Waals surface area contributed by atoms with E-state index in [2.05, 4.69) is 4.74 Å². The maximum atomic E-state index is 13.4. The number of hydrogen-bond acceptors (Lipinski definition) is 3. The number of phenolic OH excluding ortho intramolecular Hbond substituents is 1. The molecule has 0 bridgehead atoms. The lowest BCUT2D eigenvalue weighted by atomic mass is 10.0. The molecule has 0 spiro atoms. The van der Waals surface area contributed by atoms with Crippen LogP contribution in [-0.2, 0) is 18.0 Å². The molecule has 4 nitrogen and oxygen atoms in total. The van der Waals surface area contributed by atoms with Crippen molar-refractivity contribution in [3.63, 3.8) is 0 Å². The van der Waals surface area contributed by atoms with Crippen molar-refractivity contribution < 1.29 is 27.8 Å². The highest BCUT2D eigenvalue weighted by Gasteiger charge is 2.35. The number of benzene rings is 2. The van der Waals surface area contributed by atoms with Crippen LogP contribution >= 0.6 is 22.6 Å².